The molecule has 3 aromatic rings. The molecule has 0 saturated heterocycles. The topological polar surface area (TPSA) is 42.7 Å². The molecule has 1 aliphatic rings. The molecule has 0 saturated carbocycles. The van der Waals surface area contributed by atoms with Gasteiger partial charge in [0.25, 0.3) is 0 Å². The molecule has 0 spiro atoms. The standard InChI is InChI=1S/C23H23NO3/c1-17(18-8-3-2-4-9-18)27-23-16-26-20(14-22(23)25)15-24-13-7-11-19-10-5-6-12-21(19)24/h2-6,8-10,12,14,16-17H,7,11,13,15H2,1H3/t17-/m0/s1. The molecule has 2 aromatic carbocycles. The van der Waals surface area contributed by atoms with Crippen LogP contribution in [-0.4, -0.2) is 6.54 Å². The maximum atomic E-state index is 12.5. The second-order valence-electron chi connectivity index (χ2n) is 6.90. The normalized spacial score (nSPS) is 14.5. The van der Waals surface area contributed by atoms with Gasteiger partial charge in [-0.05, 0) is 37.0 Å². The molecule has 0 radical (unpaired) electrons. The van der Waals surface area contributed by atoms with Crippen LogP contribution in [0.1, 0.15) is 36.3 Å². The Morgan fingerprint density at radius 1 is 1.11 bits per heavy atom. The van der Waals surface area contributed by atoms with Gasteiger partial charge in [-0.1, -0.05) is 48.5 Å². The predicted molar refractivity (Wildman–Crippen MR) is 106 cm³/mol. The third kappa shape index (κ3) is 3.90. The minimum atomic E-state index is -0.214. The van der Waals surface area contributed by atoms with E-state index in [1.165, 1.54) is 17.5 Å². The summed E-state index contributed by atoms with van der Waals surface area (Å²) in [5, 5.41) is 0. The molecule has 1 aliphatic heterocycles. The lowest BCUT2D eigenvalue weighted by molar-refractivity contribution is 0.217. The van der Waals surface area contributed by atoms with Crippen LogP contribution in [0.25, 0.3) is 0 Å². The van der Waals surface area contributed by atoms with Crippen molar-refractivity contribution in [1.29, 1.82) is 0 Å². The number of rotatable bonds is 5. The zero-order chi connectivity index (χ0) is 18.6. The molecular weight excluding hydrogens is 338 g/mol. The van der Waals surface area contributed by atoms with Gasteiger partial charge in [0, 0.05) is 18.3 Å². The van der Waals surface area contributed by atoms with Gasteiger partial charge < -0.3 is 14.1 Å². The average Bonchev–Trinajstić information content (AvgIpc) is 2.71. The lowest BCUT2D eigenvalue weighted by Gasteiger charge is -2.30. The van der Waals surface area contributed by atoms with Gasteiger partial charge in [-0.15, -0.1) is 0 Å². The quantitative estimate of drug-likeness (QED) is 0.659. The number of para-hydroxylation sites is 1. The van der Waals surface area contributed by atoms with Gasteiger partial charge in [-0.3, -0.25) is 4.79 Å². The zero-order valence-electron chi connectivity index (χ0n) is 15.4. The molecular formula is C23H23NO3. The van der Waals surface area contributed by atoms with Crippen molar-refractivity contribution >= 4 is 5.69 Å². The Kier molecular flexibility index (Phi) is 4.97. The number of aryl methyl sites for hydroxylation is 1. The molecule has 1 aromatic heterocycles. The predicted octanol–water partition coefficient (Wildman–Crippen LogP) is 4.73. The summed E-state index contributed by atoms with van der Waals surface area (Å²) in [7, 11) is 0. The summed E-state index contributed by atoms with van der Waals surface area (Å²) in [6.45, 7) is 3.47. The maximum absolute atomic E-state index is 12.5. The minimum Gasteiger partial charge on any atom is -0.479 e. The van der Waals surface area contributed by atoms with Gasteiger partial charge in [0.05, 0.1) is 6.54 Å². The van der Waals surface area contributed by atoms with Crippen LogP contribution in [0.15, 0.2) is 76.1 Å². The molecule has 138 valence electrons. The first kappa shape index (κ1) is 17.4. The zero-order valence-corrected chi connectivity index (χ0v) is 15.4. The van der Waals surface area contributed by atoms with E-state index in [0.717, 1.165) is 24.9 Å². The number of benzene rings is 2. The molecule has 0 amide bonds. The molecule has 0 N–H and O–H groups in total. The van der Waals surface area contributed by atoms with E-state index < -0.39 is 0 Å². The van der Waals surface area contributed by atoms with Crippen molar-refractivity contribution in [2.75, 3.05) is 11.4 Å². The second kappa shape index (κ2) is 7.70. The summed E-state index contributed by atoms with van der Waals surface area (Å²) < 4.78 is 11.5. The summed E-state index contributed by atoms with van der Waals surface area (Å²) in [6, 6.07) is 19.8. The van der Waals surface area contributed by atoms with Crippen LogP contribution in [-0.2, 0) is 13.0 Å². The first-order valence-corrected chi connectivity index (χ1v) is 9.37. The van der Waals surface area contributed by atoms with Crippen molar-refractivity contribution in [3.05, 3.63) is 94.0 Å². The van der Waals surface area contributed by atoms with Crippen LogP contribution in [0.2, 0.25) is 0 Å². The fourth-order valence-electron chi connectivity index (χ4n) is 3.55. The van der Waals surface area contributed by atoms with E-state index in [9.17, 15) is 4.79 Å². The van der Waals surface area contributed by atoms with Crippen LogP contribution in [0.3, 0.4) is 0 Å². The van der Waals surface area contributed by atoms with Gasteiger partial charge in [-0.25, -0.2) is 0 Å². The monoisotopic (exact) mass is 361 g/mol. The Bertz CT molecular complexity index is 965. The molecule has 1 atom stereocenters. The number of hydrogen-bond acceptors (Lipinski definition) is 4. The van der Waals surface area contributed by atoms with E-state index >= 15 is 0 Å². The van der Waals surface area contributed by atoms with E-state index in [1.807, 2.05) is 37.3 Å². The Morgan fingerprint density at radius 3 is 2.70 bits per heavy atom. The molecule has 4 heteroatoms. The summed E-state index contributed by atoms with van der Waals surface area (Å²) in [5.41, 5.74) is 3.45. The SMILES string of the molecule is C[C@H](Oc1coc(CN2CCCc3ccccc32)cc1=O)c1ccccc1. The van der Waals surface area contributed by atoms with Crippen molar-refractivity contribution in [2.24, 2.45) is 0 Å². The van der Waals surface area contributed by atoms with Crippen molar-refractivity contribution in [3.63, 3.8) is 0 Å². The molecule has 0 bridgehead atoms. The van der Waals surface area contributed by atoms with Crippen LogP contribution in [0.4, 0.5) is 5.69 Å². The van der Waals surface area contributed by atoms with Crippen LogP contribution in [0.5, 0.6) is 5.75 Å². The largest absolute Gasteiger partial charge is 0.479 e. The van der Waals surface area contributed by atoms with E-state index in [0.29, 0.717) is 12.3 Å². The lowest BCUT2D eigenvalue weighted by Crippen LogP contribution is -2.29. The number of fused-ring (bicyclic) bond motifs is 1. The van der Waals surface area contributed by atoms with Gasteiger partial charge in [0.15, 0.2) is 0 Å². The fraction of sp³-hybridized carbons (Fsp3) is 0.261. The molecule has 4 rings (SSSR count). The number of nitrogens with zero attached hydrogens (tertiary/aromatic N) is 1. The first-order chi connectivity index (χ1) is 13.2. The molecule has 4 nitrogen and oxygen atoms in total. The fourth-order valence-corrected chi connectivity index (χ4v) is 3.55. The van der Waals surface area contributed by atoms with E-state index in [4.69, 9.17) is 9.15 Å². The smallest absolute Gasteiger partial charge is 0.227 e. The van der Waals surface area contributed by atoms with Crippen molar-refractivity contribution in [2.45, 2.75) is 32.4 Å². The molecule has 2 heterocycles. The van der Waals surface area contributed by atoms with Crippen LogP contribution >= 0.6 is 0 Å². The van der Waals surface area contributed by atoms with Crippen molar-refractivity contribution in [3.8, 4) is 5.75 Å². The number of ether oxygens (including phenoxy) is 1. The lowest BCUT2D eigenvalue weighted by atomic mass is 10.0. The average molecular weight is 361 g/mol. The van der Waals surface area contributed by atoms with Gasteiger partial charge in [0.2, 0.25) is 11.2 Å². The first-order valence-electron chi connectivity index (χ1n) is 9.37. The minimum absolute atomic E-state index is 0.149. The highest BCUT2D eigenvalue weighted by molar-refractivity contribution is 5.55. The summed E-state index contributed by atoms with van der Waals surface area (Å²) in [5.74, 6) is 0.894. The van der Waals surface area contributed by atoms with Crippen molar-refractivity contribution in [1.82, 2.24) is 0 Å². The summed E-state index contributed by atoms with van der Waals surface area (Å²) in [4.78, 5) is 14.8. The van der Waals surface area contributed by atoms with Crippen LogP contribution in [0, 0.1) is 0 Å². The molecule has 0 aliphatic carbocycles. The Balaban J connectivity index is 1.49. The third-order valence-corrected chi connectivity index (χ3v) is 4.98. The Labute approximate surface area is 159 Å². The van der Waals surface area contributed by atoms with Gasteiger partial charge >= 0.3 is 0 Å². The van der Waals surface area contributed by atoms with E-state index in [2.05, 4.69) is 29.2 Å². The summed E-state index contributed by atoms with van der Waals surface area (Å²) >= 11 is 0. The van der Waals surface area contributed by atoms with Crippen LogP contribution < -0.4 is 15.1 Å². The van der Waals surface area contributed by atoms with E-state index in [-0.39, 0.29) is 17.3 Å². The molecule has 0 unspecified atom stereocenters. The number of hydrogen-bond donors (Lipinski definition) is 0. The Morgan fingerprint density at radius 2 is 1.89 bits per heavy atom. The highest BCUT2D eigenvalue weighted by Gasteiger charge is 2.18. The highest BCUT2D eigenvalue weighted by atomic mass is 16.5. The molecule has 27 heavy (non-hydrogen) atoms. The number of anilines is 1. The molecule has 0 fully saturated rings. The van der Waals surface area contributed by atoms with Gasteiger partial charge in [-0.2, -0.15) is 0 Å². The maximum Gasteiger partial charge on any atom is 0.227 e. The summed E-state index contributed by atoms with van der Waals surface area (Å²) in [6.07, 6.45) is 3.43. The second-order valence-corrected chi connectivity index (χ2v) is 6.90. The van der Waals surface area contributed by atoms with Gasteiger partial charge in [0.1, 0.15) is 18.1 Å². The van der Waals surface area contributed by atoms with Crippen molar-refractivity contribution < 1.29 is 9.15 Å². The third-order valence-electron chi connectivity index (χ3n) is 4.98. The highest BCUT2D eigenvalue weighted by Crippen LogP contribution is 2.28. The Hall–Kier alpha value is -3.01. The van der Waals surface area contributed by atoms with E-state index in [1.54, 1.807) is 6.07 Å².